The van der Waals surface area contributed by atoms with Crippen molar-refractivity contribution in [1.82, 2.24) is 21.1 Å². The third-order valence-corrected chi connectivity index (χ3v) is 9.46. The SMILES string of the molecule is CC(=O)CCC1C(=O)NC(C(C)C)C(=O)NC(Cc2cc(O)cc(F)c2)C(=O)N2CCCC(N2)C(=O)O[C@H](/C(C)=C/C=O)C/C=C/C=C/CC(C)C1O.SS. The maximum absolute atomic E-state index is 14.3. The Bertz CT molecular complexity index is 1570. The minimum Gasteiger partial charge on any atom is -0.508 e. The van der Waals surface area contributed by atoms with E-state index in [9.17, 15) is 43.4 Å². The molecular formula is C39H55FN4O9S2. The molecule has 1 aromatic rings. The lowest BCUT2D eigenvalue weighted by molar-refractivity contribution is -0.156. The summed E-state index contributed by atoms with van der Waals surface area (Å²) >= 11 is 6.44. The Kier molecular flexibility index (Phi) is 20.4. The van der Waals surface area contributed by atoms with Crippen molar-refractivity contribution in [1.29, 1.82) is 0 Å². The fraction of sp³-hybridized carbons (Fsp3) is 0.538. The minimum atomic E-state index is -1.34. The van der Waals surface area contributed by atoms with Crippen LogP contribution in [0.15, 0.2) is 54.2 Å². The van der Waals surface area contributed by atoms with Crippen LogP contribution >= 0.6 is 23.3 Å². The van der Waals surface area contributed by atoms with Crippen LogP contribution in [0, 0.1) is 23.6 Å². The molecule has 2 aliphatic rings. The van der Waals surface area contributed by atoms with Crippen molar-refractivity contribution < 1.29 is 48.1 Å². The van der Waals surface area contributed by atoms with Crippen molar-refractivity contribution in [2.45, 2.75) is 110 Å². The number of amides is 3. The van der Waals surface area contributed by atoms with Crippen LogP contribution in [0.4, 0.5) is 4.39 Å². The zero-order valence-corrected chi connectivity index (χ0v) is 33.7. The highest BCUT2D eigenvalue weighted by Gasteiger charge is 2.38. The third kappa shape index (κ3) is 15.2. The average molecular weight is 807 g/mol. The topological polar surface area (TPSA) is 191 Å². The summed E-state index contributed by atoms with van der Waals surface area (Å²) in [6, 6.07) is -0.190. The molecule has 6 unspecified atom stereocenters. The fourth-order valence-electron chi connectivity index (χ4n) is 6.32. The number of benzene rings is 1. The van der Waals surface area contributed by atoms with E-state index in [2.05, 4.69) is 39.4 Å². The van der Waals surface area contributed by atoms with Crippen LogP contribution in [0.1, 0.15) is 78.7 Å². The van der Waals surface area contributed by atoms with Crippen LogP contribution in [0.5, 0.6) is 5.75 Å². The van der Waals surface area contributed by atoms with E-state index in [1.54, 1.807) is 45.9 Å². The summed E-state index contributed by atoms with van der Waals surface area (Å²) in [5, 5.41) is 28.0. The average Bonchev–Trinajstić information content (AvgIpc) is 3.13. The molecule has 0 aromatic heterocycles. The number of ether oxygens (including phenoxy) is 1. The summed E-state index contributed by atoms with van der Waals surface area (Å²) in [6.45, 7) is 8.36. The predicted octanol–water partition coefficient (Wildman–Crippen LogP) is 3.90. The number of phenolic OH excluding ortho intramolecular Hbond substituents is 1. The number of aromatic hydroxyl groups is 1. The van der Waals surface area contributed by atoms with Crippen LogP contribution in [0.2, 0.25) is 0 Å². The first-order valence-electron chi connectivity index (χ1n) is 18.3. The molecule has 0 saturated carbocycles. The molecule has 304 valence electrons. The quantitative estimate of drug-likeness (QED) is 0.0667. The molecule has 7 atom stereocenters. The number of allylic oxidation sites excluding steroid dienone is 4. The minimum absolute atomic E-state index is 0.0313. The van der Waals surface area contributed by atoms with Crippen molar-refractivity contribution in [2.75, 3.05) is 6.54 Å². The van der Waals surface area contributed by atoms with E-state index < -0.39 is 77.6 Å². The van der Waals surface area contributed by atoms with E-state index in [-0.39, 0.29) is 49.3 Å². The summed E-state index contributed by atoms with van der Waals surface area (Å²) < 4.78 is 20.1. The van der Waals surface area contributed by atoms with Gasteiger partial charge in [-0.1, -0.05) is 45.1 Å². The number of hydrazine groups is 1. The number of esters is 1. The van der Waals surface area contributed by atoms with Gasteiger partial charge in [-0.2, -0.15) is 0 Å². The van der Waals surface area contributed by atoms with Gasteiger partial charge in [0.15, 0.2) is 0 Å². The maximum atomic E-state index is 14.3. The summed E-state index contributed by atoms with van der Waals surface area (Å²) in [7, 11) is 0. The Morgan fingerprint density at radius 3 is 2.35 bits per heavy atom. The second-order valence-corrected chi connectivity index (χ2v) is 14.2. The highest BCUT2D eigenvalue weighted by molar-refractivity contribution is 8.59. The first-order chi connectivity index (χ1) is 26.1. The monoisotopic (exact) mass is 806 g/mol. The van der Waals surface area contributed by atoms with E-state index in [4.69, 9.17) is 4.74 Å². The number of phenols is 1. The van der Waals surface area contributed by atoms with Gasteiger partial charge in [0.25, 0.3) is 5.91 Å². The number of aldehydes is 1. The molecule has 3 amide bonds. The molecule has 2 aliphatic heterocycles. The highest BCUT2D eigenvalue weighted by atomic mass is 33.1. The molecule has 1 fully saturated rings. The molecule has 2 heterocycles. The van der Waals surface area contributed by atoms with Gasteiger partial charge in [0.05, 0.1) is 12.0 Å². The smallest absolute Gasteiger partial charge is 0.325 e. The van der Waals surface area contributed by atoms with Crippen LogP contribution < -0.4 is 16.1 Å². The molecular weight excluding hydrogens is 752 g/mol. The summed E-state index contributed by atoms with van der Waals surface area (Å²) in [4.78, 5) is 78.5. The second kappa shape index (κ2) is 23.8. The van der Waals surface area contributed by atoms with Crippen molar-refractivity contribution in [3.05, 3.63) is 65.5 Å². The van der Waals surface area contributed by atoms with Crippen LogP contribution in [-0.2, 0) is 39.9 Å². The summed E-state index contributed by atoms with van der Waals surface area (Å²) in [5.74, 6) is -5.94. The number of carbonyl (C=O) groups excluding carboxylic acids is 6. The molecule has 1 aromatic carbocycles. The number of cyclic esters (lactones) is 1. The number of rotatable bonds is 8. The maximum Gasteiger partial charge on any atom is 0.325 e. The van der Waals surface area contributed by atoms with Crippen molar-refractivity contribution in [3.8, 4) is 5.75 Å². The second-order valence-electron chi connectivity index (χ2n) is 14.2. The van der Waals surface area contributed by atoms with E-state index >= 15 is 0 Å². The van der Waals surface area contributed by atoms with Gasteiger partial charge < -0.3 is 30.4 Å². The fourth-order valence-corrected chi connectivity index (χ4v) is 6.32. The van der Waals surface area contributed by atoms with Gasteiger partial charge in [0.1, 0.15) is 47.9 Å². The van der Waals surface area contributed by atoms with Crippen LogP contribution in [0.3, 0.4) is 0 Å². The largest absolute Gasteiger partial charge is 0.508 e. The molecule has 2 bridgehead atoms. The van der Waals surface area contributed by atoms with E-state index in [1.807, 2.05) is 6.08 Å². The molecule has 16 heteroatoms. The number of nitrogens with zero attached hydrogens (tertiary/aromatic N) is 1. The number of aliphatic hydroxyl groups is 1. The van der Waals surface area contributed by atoms with Gasteiger partial charge in [0, 0.05) is 31.9 Å². The lowest BCUT2D eigenvalue weighted by Gasteiger charge is -2.36. The van der Waals surface area contributed by atoms with Crippen molar-refractivity contribution >= 4 is 59.1 Å². The van der Waals surface area contributed by atoms with Gasteiger partial charge in [-0.15, -0.1) is 23.3 Å². The van der Waals surface area contributed by atoms with Gasteiger partial charge in [-0.25, -0.2) is 9.82 Å². The zero-order valence-electron chi connectivity index (χ0n) is 31.9. The lowest BCUT2D eigenvalue weighted by Crippen LogP contribution is -2.62. The van der Waals surface area contributed by atoms with E-state index in [1.165, 1.54) is 24.1 Å². The molecule has 3 rings (SSSR count). The molecule has 55 heavy (non-hydrogen) atoms. The third-order valence-electron chi connectivity index (χ3n) is 9.46. The molecule has 1 saturated heterocycles. The molecule has 13 nitrogen and oxygen atoms in total. The van der Waals surface area contributed by atoms with E-state index in [0.29, 0.717) is 31.1 Å². The van der Waals surface area contributed by atoms with Gasteiger partial charge in [0.2, 0.25) is 11.8 Å². The van der Waals surface area contributed by atoms with E-state index in [0.717, 1.165) is 12.1 Å². The number of thiol groups is 2. The van der Waals surface area contributed by atoms with Crippen molar-refractivity contribution in [3.63, 3.8) is 0 Å². The number of Topliss-reactive ketones (excluding diaryl/α,β-unsaturated/α-hetero) is 1. The first kappa shape index (κ1) is 47.2. The Morgan fingerprint density at radius 2 is 1.73 bits per heavy atom. The van der Waals surface area contributed by atoms with Gasteiger partial charge in [-0.3, -0.25) is 29.0 Å². The van der Waals surface area contributed by atoms with Gasteiger partial charge in [-0.05, 0) is 80.7 Å². The van der Waals surface area contributed by atoms with Crippen LogP contribution in [0.25, 0.3) is 0 Å². The number of fused-ring (bicyclic) bond motifs is 2. The molecule has 0 aliphatic carbocycles. The summed E-state index contributed by atoms with van der Waals surface area (Å²) in [5.41, 5.74) is 3.61. The van der Waals surface area contributed by atoms with Gasteiger partial charge >= 0.3 is 5.97 Å². The Hall–Kier alpha value is -3.99. The Labute approximate surface area is 332 Å². The standard InChI is InChI=1S/C39H53FN4O9.H2S2/c1-23(2)34-37(50)41-32(21-27-19-28(40)22-29(47)20-27)38(51)44-17-10-12-31(43-44)39(52)53-33(24(3)16-18-45)13-9-7-6-8-11-25(4)35(48)30(36(49)42-34)15-14-26(5)46;1-2/h6-9,16,18-20,22-23,25,30-35,43,47-48H,10-15,17,21H2,1-5H3,(H,41,50)(H,42,49);1-2H/b8-6+,9-7+,24-16+;/t25?,30?,31?,32?,33-,34?,35?;/m0./s1. The number of aliphatic hydroxyl groups excluding tert-OH is 1. The Balaban J connectivity index is 0.00000514. The number of hydrogen-bond donors (Lipinski definition) is 7. The number of carbonyl (C=O) groups is 6. The predicted molar refractivity (Wildman–Crippen MR) is 212 cm³/mol. The first-order valence-corrected chi connectivity index (χ1v) is 19.9. The molecule has 0 radical (unpaired) electrons. The van der Waals surface area contributed by atoms with Crippen LogP contribution in [-0.4, -0.2) is 87.9 Å². The number of nitrogens with one attached hydrogen (secondary N) is 3. The number of halogens is 1. The molecule has 0 spiro atoms. The normalized spacial score (nSPS) is 27.6. The highest BCUT2D eigenvalue weighted by Crippen LogP contribution is 2.24. The zero-order chi connectivity index (χ0) is 41.2. The number of hydrogen-bond acceptors (Lipinski definition) is 12. The molecule has 5 N–H and O–H groups in total. The summed E-state index contributed by atoms with van der Waals surface area (Å²) in [6.07, 6.45) is 8.16. The lowest BCUT2D eigenvalue weighted by atomic mass is 9.85. The number of ketones is 1. The van der Waals surface area contributed by atoms with Crippen molar-refractivity contribution in [2.24, 2.45) is 17.8 Å². The Morgan fingerprint density at radius 1 is 1.05 bits per heavy atom.